The molecule has 1 heterocycles. The number of aromatic nitrogens is 2. The second-order valence-corrected chi connectivity index (χ2v) is 3.25. The first kappa shape index (κ1) is 11.3. The summed E-state index contributed by atoms with van der Waals surface area (Å²) >= 11 is 0. The van der Waals surface area contributed by atoms with Crippen molar-refractivity contribution in [3.63, 3.8) is 0 Å². The van der Waals surface area contributed by atoms with Crippen LogP contribution in [0.1, 0.15) is 5.56 Å². The van der Waals surface area contributed by atoms with E-state index in [2.05, 4.69) is 9.97 Å². The lowest BCUT2D eigenvalue weighted by Crippen LogP contribution is -2.11. The van der Waals surface area contributed by atoms with Crippen LogP contribution in [0.15, 0.2) is 35.4 Å². The molecule has 2 aromatic rings. The van der Waals surface area contributed by atoms with Crippen molar-refractivity contribution in [2.75, 3.05) is 0 Å². The number of rotatable bonds is 3. The molecule has 2 rings (SSSR count). The van der Waals surface area contributed by atoms with Gasteiger partial charge in [-0.3, -0.25) is 4.79 Å². The summed E-state index contributed by atoms with van der Waals surface area (Å²) in [6.45, 7) is -0.0211. The third kappa shape index (κ3) is 2.31. The van der Waals surface area contributed by atoms with Gasteiger partial charge in [0.1, 0.15) is 11.6 Å². The van der Waals surface area contributed by atoms with Crippen LogP contribution in [0.3, 0.4) is 0 Å². The van der Waals surface area contributed by atoms with Gasteiger partial charge in [0.2, 0.25) is 0 Å². The summed E-state index contributed by atoms with van der Waals surface area (Å²) in [6, 6.07) is 4.28. The highest BCUT2D eigenvalue weighted by Crippen LogP contribution is 2.23. The summed E-state index contributed by atoms with van der Waals surface area (Å²) in [5.74, 6) is -0.429. The Morgan fingerprint density at radius 3 is 3.00 bits per heavy atom. The fourth-order valence-electron chi connectivity index (χ4n) is 1.35. The van der Waals surface area contributed by atoms with E-state index in [-0.39, 0.29) is 23.7 Å². The fourth-order valence-corrected chi connectivity index (χ4v) is 1.35. The van der Waals surface area contributed by atoms with Crippen LogP contribution in [-0.2, 0) is 6.54 Å². The van der Waals surface area contributed by atoms with Crippen molar-refractivity contribution in [2.24, 2.45) is 5.73 Å². The van der Waals surface area contributed by atoms with Crippen LogP contribution in [0.5, 0.6) is 11.6 Å². The predicted molar refractivity (Wildman–Crippen MR) is 59.2 cm³/mol. The molecule has 1 aromatic heterocycles. The van der Waals surface area contributed by atoms with Gasteiger partial charge in [0.15, 0.2) is 0 Å². The van der Waals surface area contributed by atoms with Crippen molar-refractivity contribution in [1.82, 2.24) is 9.97 Å². The zero-order valence-corrected chi connectivity index (χ0v) is 8.81. The van der Waals surface area contributed by atoms with Crippen LogP contribution in [0.25, 0.3) is 0 Å². The first-order valence-corrected chi connectivity index (χ1v) is 4.91. The topological polar surface area (TPSA) is 81.0 Å². The molecule has 0 fully saturated rings. The van der Waals surface area contributed by atoms with Gasteiger partial charge >= 0.3 is 5.56 Å². The number of H-pyrrole nitrogens is 1. The van der Waals surface area contributed by atoms with Crippen molar-refractivity contribution >= 4 is 0 Å². The van der Waals surface area contributed by atoms with Crippen molar-refractivity contribution in [3.8, 4) is 11.6 Å². The molecule has 0 amide bonds. The Kier molecular flexibility index (Phi) is 3.15. The normalized spacial score (nSPS) is 10.2. The smallest absolute Gasteiger partial charge is 0.311 e. The Labute approximate surface area is 96.1 Å². The third-order valence-electron chi connectivity index (χ3n) is 2.16. The lowest BCUT2D eigenvalue weighted by molar-refractivity contribution is 0.442. The van der Waals surface area contributed by atoms with E-state index in [0.29, 0.717) is 0 Å². The summed E-state index contributed by atoms with van der Waals surface area (Å²) < 4.78 is 18.6. The molecule has 88 valence electrons. The molecule has 3 N–H and O–H groups in total. The number of benzene rings is 1. The van der Waals surface area contributed by atoms with Crippen LogP contribution < -0.4 is 16.0 Å². The Balaban J connectivity index is 2.40. The predicted octanol–water partition coefficient (Wildman–Crippen LogP) is 1.16. The maximum atomic E-state index is 13.4. The number of hydrogen-bond donors (Lipinski definition) is 2. The average Bonchev–Trinajstić information content (AvgIpc) is 2.32. The average molecular weight is 235 g/mol. The molecular formula is C11H10FN3O2. The molecule has 1 aromatic carbocycles. The maximum Gasteiger partial charge on any atom is 0.311 e. The maximum absolute atomic E-state index is 13.4. The van der Waals surface area contributed by atoms with Crippen LogP contribution in [-0.4, -0.2) is 9.97 Å². The van der Waals surface area contributed by atoms with Gasteiger partial charge in [-0.15, -0.1) is 0 Å². The standard InChI is InChI=1S/C11H10FN3O2/c12-8-2-1-3-9(7(8)6-13)17-11-10(16)14-4-5-15-11/h1-5H,6,13H2,(H,14,16). The van der Waals surface area contributed by atoms with Crippen LogP contribution in [0.2, 0.25) is 0 Å². The van der Waals surface area contributed by atoms with Gasteiger partial charge in [-0.2, -0.15) is 0 Å². The van der Waals surface area contributed by atoms with E-state index in [1.165, 1.54) is 30.6 Å². The van der Waals surface area contributed by atoms with Crippen molar-refractivity contribution < 1.29 is 9.13 Å². The monoisotopic (exact) mass is 235 g/mol. The Bertz CT molecular complexity index is 583. The molecule has 0 atom stereocenters. The Morgan fingerprint density at radius 2 is 2.29 bits per heavy atom. The Morgan fingerprint density at radius 1 is 1.47 bits per heavy atom. The minimum absolute atomic E-state index is 0.0211. The molecule has 17 heavy (non-hydrogen) atoms. The minimum Gasteiger partial charge on any atom is -0.434 e. The first-order valence-electron chi connectivity index (χ1n) is 4.91. The van der Waals surface area contributed by atoms with Crippen molar-refractivity contribution in [3.05, 3.63) is 52.3 Å². The Hall–Kier alpha value is -2.21. The number of ether oxygens (including phenoxy) is 1. The molecule has 0 unspecified atom stereocenters. The molecule has 0 bridgehead atoms. The van der Waals surface area contributed by atoms with Gasteiger partial charge in [0, 0.05) is 24.5 Å². The second kappa shape index (κ2) is 4.75. The number of hydrogen-bond acceptors (Lipinski definition) is 4. The minimum atomic E-state index is -0.486. The fraction of sp³-hybridized carbons (Fsp3) is 0.0909. The molecule has 0 aliphatic heterocycles. The van der Waals surface area contributed by atoms with E-state index >= 15 is 0 Å². The van der Waals surface area contributed by atoms with Crippen LogP contribution >= 0.6 is 0 Å². The van der Waals surface area contributed by atoms with Gasteiger partial charge in [-0.1, -0.05) is 6.07 Å². The quantitative estimate of drug-likeness (QED) is 0.836. The SMILES string of the molecule is NCc1c(F)cccc1Oc1ncc[nH]c1=O. The zero-order valence-electron chi connectivity index (χ0n) is 8.81. The number of nitrogens with zero attached hydrogens (tertiary/aromatic N) is 1. The number of nitrogens with two attached hydrogens (primary N) is 1. The van der Waals surface area contributed by atoms with Gasteiger partial charge in [0.25, 0.3) is 5.88 Å². The summed E-state index contributed by atoms with van der Waals surface area (Å²) in [6.07, 6.45) is 2.75. The molecule has 0 saturated carbocycles. The number of nitrogens with one attached hydrogen (secondary N) is 1. The lowest BCUT2D eigenvalue weighted by atomic mass is 10.2. The summed E-state index contributed by atoms with van der Waals surface area (Å²) in [5, 5.41) is 0. The summed E-state index contributed by atoms with van der Waals surface area (Å²) in [7, 11) is 0. The first-order chi connectivity index (χ1) is 8.22. The molecule has 0 spiro atoms. The number of halogens is 1. The van der Waals surface area contributed by atoms with E-state index in [4.69, 9.17) is 10.5 Å². The molecule has 0 radical (unpaired) electrons. The zero-order chi connectivity index (χ0) is 12.3. The summed E-state index contributed by atoms with van der Waals surface area (Å²) in [4.78, 5) is 17.5. The molecular weight excluding hydrogens is 225 g/mol. The molecule has 0 saturated heterocycles. The van der Waals surface area contributed by atoms with Gasteiger partial charge < -0.3 is 15.5 Å². The van der Waals surface area contributed by atoms with Gasteiger partial charge in [-0.05, 0) is 12.1 Å². The second-order valence-electron chi connectivity index (χ2n) is 3.25. The number of aromatic amines is 1. The van der Waals surface area contributed by atoms with E-state index in [1.54, 1.807) is 0 Å². The van der Waals surface area contributed by atoms with Gasteiger partial charge in [-0.25, -0.2) is 9.37 Å². The van der Waals surface area contributed by atoms with Crippen molar-refractivity contribution in [1.29, 1.82) is 0 Å². The van der Waals surface area contributed by atoms with Crippen LogP contribution in [0, 0.1) is 5.82 Å². The van der Waals surface area contributed by atoms with E-state index in [0.717, 1.165) is 0 Å². The highest BCUT2D eigenvalue weighted by atomic mass is 19.1. The van der Waals surface area contributed by atoms with Crippen LogP contribution in [0.4, 0.5) is 4.39 Å². The highest BCUT2D eigenvalue weighted by molar-refractivity contribution is 5.36. The summed E-state index contributed by atoms with van der Waals surface area (Å²) in [5.41, 5.74) is 5.14. The third-order valence-corrected chi connectivity index (χ3v) is 2.16. The lowest BCUT2D eigenvalue weighted by Gasteiger charge is -2.08. The molecule has 6 heteroatoms. The van der Waals surface area contributed by atoms with Crippen molar-refractivity contribution in [2.45, 2.75) is 6.54 Å². The molecule has 0 aliphatic rings. The van der Waals surface area contributed by atoms with Gasteiger partial charge in [0.05, 0.1) is 0 Å². The largest absolute Gasteiger partial charge is 0.434 e. The van der Waals surface area contributed by atoms with E-state index < -0.39 is 11.4 Å². The molecule has 0 aliphatic carbocycles. The van der Waals surface area contributed by atoms with E-state index in [9.17, 15) is 9.18 Å². The van der Waals surface area contributed by atoms with E-state index in [1.807, 2.05) is 0 Å². The molecule has 5 nitrogen and oxygen atoms in total. The highest BCUT2D eigenvalue weighted by Gasteiger charge is 2.10.